The lowest BCUT2D eigenvalue weighted by Gasteiger charge is -2.28. The number of methoxy groups -OCH3 is 1. The maximum Gasteiger partial charge on any atom is 0.248 e. The van der Waals surface area contributed by atoms with Crippen LogP contribution in [0.3, 0.4) is 0 Å². The number of ether oxygens (including phenoxy) is 2. The summed E-state index contributed by atoms with van der Waals surface area (Å²) in [4.78, 5) is 18.4. The monoisotopic (exact) mass is 304 g/mol. The Balaban J connectivity index is 1.67. The highest BCUT2D eigenvalue weighted by atomic mass is 16.5. The molecule has 1 saturated carbocycles. The van der Waals surface area contributed by atoms with Crippen LogP contribution in [0.4, 0.5) is 0 Å². The van der Waals surface area contributed by atoms with Crippen LogP contribution in [-0.4, -0.2) is 54.8 Å². The highest BCUT2D eigenvalue weighted by Crippen LogP contribution is 2.31. The molecule has 1 amide bonds. The van der Waals surface area contributed by atoms with E-state index in [1.807, 2.05) is 17.2 Å². The quantitative estimate of drug-likeness (QED) is 0.769. The molecule has 1 aromatic heterocycles. The lowest BCUT2D eigenvalue weighted by atomic mass is 10.0. The Morgan fingerprint density at radius 3 is 2.95 bits per heavy atom. The van der Waals surface area contributed by atoms with Crippen LogP contribution in [0, 0.1) is 5.92 Å². The van der Waals surface area contributed by atoms with Crippen molar-refractivity contribution in [1.82, 2.24) is 9.88 Å². The second kappa shape index (κ2) is 7.20. The zero-order chi connectivity index (χ0) is 15.4. The maximum atomic E-state index is 12.3. The van der Waals surface area contributed by atoms with Crippen molar-refractivity contribution in [3.63, 3.8) is 0 Å². The Morgan fingerprint density at radius 1 is 1.41 bits per heavy atom. The summed E-state index contributed by atoms with van der Waals surface area (Å²) >= 11 is 0. The van der Waals surface area contributed by atoms with E-state index < -0.39 is 0 Å². The number of carbonyl (C=O) groups excluding carboxylic acids is 1. The minimum Gasteiger partial charge on any atom is -0.376 e. The van der Waals surface area contributed by atoms with Crippen LogP contribution in [-0.2, 0) is 20.7 Å². The summed E-state index contributed by atoms with van der Waals surface area (Å²) in [5.41, 5.74) is 1.14. The fourth-order valence-electron chi connectivity index (χ4n) is 3.08. The number of carbonyl (C=O) groups is 1. The number of hydrogen-bond acceptors (Lipinski definition) is 4. The number of nitrogens with zero attached hydrogens (tertiary/aromatic N) is 2. The molecule has 120 valence electrons. The van der Waals surface area contributed by atoms with Gasteiger partial charge >= 0.3 is 0 Å². The van der Waals surface area contributed by atoms with Gasteiger partial charge in [-0.25, -0.2) is 0 Å². The Labute approximate surface area is 131 Å². The van der Waals surface area contributed by atoms with Crippen LogP contribution < -0.4 is 0 Å². The van der Waals surface area contributed by atoms with Crippen molar-refractivity contribution < 1.29 is 14.3 Å². The molecule has 22 heavy (non-hydrogen) atoms. The van der Waals surface area contributed by atoms with Gasteiger partial charge < -0.3 is 14.4 Å². The molecule has 0 bridgehead atoms. The van der Waals surface area contributed by atoms with E-state index in [9.17, 15) is 4.79 Å². The summed E-state index contributed by atoms with van der Waals surface area (Å²) in [7, 11) is 1.56. The van der Waals surface area contributed by atoms with Crippen molar-refractivity contribution in [1.29, 1.82) is 0 Å². The Morgan fingerprint density at radius 2 is 2.27 bits per heavy atom. The molecule has 2 heterocycles. The molecular formula is C17H24N2O3. The molecule has 2 fully saturated rings. The molecule has 1 aromatic rings. The number of hydrogen-bond donors (Lipinski definition) is 0. The lowest BCUT2D eigenvalue weighted by molar-refractivity contribution is -0.137. The molecular weight excluding hydrogens is 280 g/mol. The smallest absolute Gasteiger partial charge is 0.248 e. The SMILES string of the molecule is COCC(=O)N1CC[C@@H](OCC2CC2)[C@@H]1Cc1cccnc1. The third kappa shape index (κ3) is 3.84. The van der Waals surface area contributed by atoms with Gasteiger partial charge in [-0.1, -0.05) is 6.07 Å². The fraction of sp³-hybridized carbons (Fsp3) is 0.647. The largest absolute Gasteiger partial charge is 0.376 e. The minimum absolute atomic E-state index is 0.0499. The van der Waals surface area contributed by atoms with E-state index in [-0.39, 0.29) is 24.7 Å². The van der Waals surface area contributed by atoms with Crippen molar-refractivity contribution in [3.05, 3.63) is 30.1 Å². The summed E-state index contributed by atoms with van der Waals surface area (Å²) < 4.78 is 11.1. The Bertz CT molecular complexity index is 490. The standard InChI is InChI=1S/C17H24N2O3/c1-21-12-17(20)19-8-6-16(22-11-13-4-5-13)15(19)9-14-3-2-7-18-10-14/h2-3,7,10,13,15-16H,4-6,8-9,11-12H2,1H3/t15-,16+/m0/s1. The third-order valence-corrected chi connectivity index (χ3v) is 4.48. The van der Waals surface area contributed by atoms with Gasteiger partial charge in [0.1, 0.15) is 6.61 Å². The van der Waals surface area contributed by atoms with Gasteiger partial charge in [0.25, 0.3) is 0 Å². The molecule has 1 aliphatic heterocycles. The first-order chi connectivity index (χ1) is 10.8. The summed E-state index contributed by atoms with van der Waals surface area (Å²) in [6.45, 7) is 1.72. The van der Waals surface area contributed by atoms with E-state index >= 15 is 0 Å². The van der Waals surface area contributed by atoms with Crippen LogP contribution in [0.15, 0.2) is 24.5 Å². The molecule has 3 rings (SSSR count). The Hall–Kier alpha value is -1.46. The normalized spacial score (nSPS) is 24.7. The molecule has 2 atom stereocenters. The van der Waals surface area contributed by atoms with E-state index in [0.29, 0.717) is 0 Å². The molecule has 1 saturated heterocycles. The molecule has 0 aromatic carbocycles. The first kappa shape index (κ1) is 15.4. The predicted octanol–water partition coefficient (Wildman–Crippen LogP) is 1.67. The molecule has 1 aliphatic carbocycles. The molecule has 2 aliphatic rings. The minimum atomic E-state index is 0.0499. The molecule has 5 heteroatoms. The van der Waals surface area contributed by atoms with E-state index in [4.69, 9.17) is 9.47 Å². The van der Waals surface area contributed by atoms with Crippen molar-refractivity contribution in [2.45, 2.75) is 37.8 Å². The van der Waals surface area contributed by atoms with Gasteiger partial charge in [-0.05, 0) is 43.2 Å². The zero-order valence-electron chi connectivity index (χ0n) is 13.1. The second-order valence-electron chi connectivity index (χ2n) is 6.26. The average Bonchev–Trinajstić information content (AvgIpc) is 3.28. The maximum absolute atomic E-state index is 12.3. The Kier molecular flexibility index (Phi) is 5.05. The number of pyridine rings is 1. The third-order valence-electron chi connectivity index (χ3n) is 4.48. The summed E-state index contributed by atoms with van der Waals surface area (Å²) in [5.74, 6) is 0.789. The van der Waals surface area contributed by atoms with Crippen LogP contribution in [0.2, 0.25) is 0 Å². The highest BCUT2D eigenvalue weighted by Gasteiger charge is 2.38. The molecule has 0 spiro atoms. The average molecular weight is 304 g/mol. The second-order valence-corrected chi connectivity index (χ2v) is 6.26. The van der Waals surface area contributed by atoms with Crippen molar-refractivity contribution in [2.24, 2.45) is 5.92 Å². The molecule has 0 unspecified atom stereocenters. The zero-order valence-corrected chi connectivity index (χ0v) is 13.1. The van der Waals surface area contributed by atoms with Crippen molar-refractivity contribution in [2.75, 3.05) is 26.9 Å². The topological polar surface area (TPSA) is 51.7 Å². The lowest BCUT2D eigenvalue weighted by Crippen LogP contribution is -2.43. The van der Waals surface area contributed by atoms with E-state index in [0.717, 1.165) is 37.5 Å². The molecule has 0 radical (unpaired) electrons. The van der Waals surface area contributed by atoms with Gasteiger partial charge in [-0.2, -0.15) is 0 Å². The summed E-state index contributed by atoms with van der Waals surface area (Å²) in [5, 5.41) is 0. The first-order valence-corrected chi connectivity index (χ1v) is 8.07. The van der Waals surface area contributed by atoms with Gasteiger partial charge in [0.05, 0.1) is 12.1 Å². The number of likely N-dealkylation sites (tertiary alicyclic amines) is 1. The van der Waals surface area contributed by atoms with Crippen molar-refractivity contribution >= 4 is 5.91 Å². The van der Waals surface area contributed by atoms with Crippen molar-refractivity contribution in [3.8, 4) is 0 Å². The van der Waals surface area contributed by atoms with Gasteiger partial charge in [-0.3, -0.25) is 9.78 Å². The number of aromatic nitrogens is 1. The molecule has 5 nitrogen and oxygen atoms in total. The first-order valence-electron chi connectivity index (χ1n) is 8.07. The van der Waals surface area contributed by atoms with Crippen LogP contribution >= 0.6 is 0 Å². The van der Waals surface area contributed by atoms with Gasteiger partial charge in [-0.15, -0.1) is 0 Å². The van der Waals surface area contributed by atoms with E-state index in [1.54, 1.807) is 13.3 Å². The summed E-state index contributed by atoms with van der Waals surface area (Å²) in [6, 6.07) is 4.08. The van der Waals surface area contributed by atoms with Gasteiger partial charge in [0.2, 0.25) is 5.91 Å². The van der Waals surface area contributed by atoms with Gasteiger partial charge in [0, 0.05) is 32.7 Å². The highest BCUT2D eigenvalue weighted by molar-refractivity contribution is 5.78. The van der Waals surface area contributed by atoms with E-state index in [1.165, 1.54) is 12.8 Å². The predicted molar refractivity (Wildman–Crippen MR) is 82.4 cm³/mol. The fourth-order valence-corrected chi connectivity index (χ4v) is 3.08. The number of amides is 1. The number of rotatable bonds is 7. The van der Waals surface area contributed by atoms with Gasteiger partial charge in [0.15, 0.2) is 0 Å². The van der Waals surface area contributed by atoms with Crippen LogP contribution in [0.1, 0.15) is 24.8 Å². The summed E-state index contributed by atoms with van der Waals surface area (Å²) in [6.07, 6.45) is 8.04. The van der Waals surface area contributed by atoms with E-state index in [2.05, 4.69) is 11.1 Å². The van der Waals surface area contributed by atoms with Crippen LogP contribution in [0.25, 0.3) is 0 Å². The molecule has 0 N–H and O–H groups in total. The van der Waals surface area contributed by atoms with Crippen LogP contribution in [0.5, 0.6) is 0 Å².